The smallest absolute Gasteiger partial charge is 0.283 e. The van der Waals surface area contributed by atoms with Crippen molar-refractivity contribution in [3.05, 3.63) is 29.3 Å². The van der Waals surface area contributed by atoms with Crippen LogP contribution in [-0.2, 0) is 0 Å². The fourth-order valence-electron chi connectivity index (χ4n) is 2.14. The first-order valence-corrected chi connectivity index (χ1v) is 6.76. The Bertz CT molecular complexity index is 493. The van der Waals surface area contributed by atoms with Crippen LogP contribution >= 0.6 is 11.8 Å². The molecular formula is C13H17N3OS. The molecule has 0 N–H and O–H groups in total. The number of amidine groups is 1. The Morgan fingerprint density at radius 2 is 1.89 bits per heavy atom. The van der Waals surface area contributed by atoms with Crippen LogP contribution in [-0.4, -0.2) is 36.1 Å². The number of urea groups is 1. The summed E-state index contributed by atoms with van der Waals surface area (Å²) >= 11 is 1.58. The van der Waals surface area contributed by atoms with Crippen molar-refractivity contribution in [2.24, 2.45) is 4.99 Å². The number of carbonyl (C=O) groups excluding carboxylic acids is 1. The summed E-state index contributed by atoms with van der Waals surface area (Å²) in [5.41, 5.74) is 3.25. The van der Waals surface area contributed by atoms with Gasteiger partial charge in [-0.1, -0.05) is 30.0 Å². The van der Waals surface area contributed by atoms with Crippen LogP contribution in [0.25, 0.3) is 0 Å². The average molecular weight is 263 g/mol. The Balaban J connectivity index is 2.39. The number of amides is 2. The van der Waals surface area contributed by atoms with E-state index in [1.807, 2.05) is 36.9 Å². The van der Waals surface area contributed by atoms with E-state index in [-0.39, 0.29) is 6.03 Å². The Morgan fingerprint density at radius 3 is 2.44 bits per heavy atom. The molecule has 5 heteroatoms. The summed E-state index contributed by atoms with van der Waals surface area (Å²) in [6.07, 6.45) is 0. The molecule has 96 valence electrons. The van der Waals surface area contributed by atoms with Gasteiger partial charge in [0, 0.05) is 14.1 Å². The van der Waals surface area contributed by atoms with E-state index in [2.05, 4.69) is 4.99 Å². The highest BCUT2D eigenvalue weighted by molar-refractivity contribution is 8.14. The van der Waals surface area contributed by atoms with E-state index in [4.69, 9.17) is 0 Å². The Morgan fingerprint density at radius 1 is 1.28 bits per heavy atom. The molecule has 0 aromatic heterocycles. The zero-order chi connectivity index (χ0) is 13.3. The lowest BCUT2D eigenvalue weighted by molar-refractivity contribution is 0.233. The van der Waals surface area contributed by atoms with Gasteiger partial charge in [-0.3, -0.25) is 14.8 Å². The molecule has 0 unspecified atom stereocenters. The van der Waals surface area contributed by atoms with E-state index in [9.17, 15) is 4.79 Å². The summed E-state index contributed by atoms with van der Waals surface area (Å²) in [6.45, 7) is 4.06. The molecule has 0 radical (unpaired) electrons. The Hall–Kier alpha value is -1.49. The lowest BCUT2D eigenvalue weighted by atomic mass is 10.1. The number of aryl methyl sites for hydroxylation is 2. The quantitative estimate of drug-likeness (QED) is 0.781. The van der Waals surface area contributed by atoms with E-state index >= 15 is 0 Å². The summed E-state index contributed by atoms with van der Waals surface area (Å²) in [5.74, 6) is 0.613. The molecule has 1 saturated heterocycles. The van der Waals surface area contributed by atoms with E-state index in [0.29, 0.717) is 5.88 Å². The molecule has 1 aromatic carbocycles. The standard InChI is InChI=1S/C13H17N3OS/c1-9-6-5-7-10(2)11(9)16-8-18-12(14-3)15(4)13(16)17/h5-7H,8H2,1-4H3/b14-12-. The van der Waals surface area contributed by atoms with Crippen LogP contribution < -0.4 is 4.90 Å². The SMILES string of the molecule is C/N=C1\SCN(c2c(C)cccc2C)C(=O)N1C. The maximum absolute atomic E-state index is 12.4. The molecule has 1 fully saturated rings. The van der Waals surface area contributed by atoms with Gasteiger partial charge >= 0.3 is 6.03 Å². The Kier molecular flexibility index (Phi) is 3.61. The highest BCUT2D eigenvalue weighted by Gasteiger charge is 2.30. The first-order valence-electron chi connectivity index (χ1n) is 5.77. The van der Waals surface area contributed by atoms with Gasteiger partial charge in [-0.25, -0.2) is 4.79 Å². The van der Waals surface area contributed by atoms with Crippen molar-refractivity contribution in [1.82, 2.24) is 4.90 Å². The number of hydrogen-bond acceptors (Lipinski definition) is 3. The normalized spacial score (nSPS) is 18.7. The highest BCUT2D eigenvalue weighted by Crippen LogP contribution is 2.30. The second kappa shape index (κ2) is 5.02. The number of rotatable bonds is 1. The molecule has 0 aliphatic carbocycles. The van der Waals surface area contributed by atoms with Crippen LogP contribution in [0.5, 0.6) is 0 Å². The number of nitrogens with zero attached hydrogens (tertiary/aromatic N) is 3. The third kappa shape index (κ3) is 2.10. The monoisotopic (exact) mass is 263 g/mol. The van der Waals surface area contributed by atoms with Gasteiger partial charge < -0.3 is 0 Å². The summed E-state index contributed by atoms with van der Waals surface area (Å²) in [4.78, 5) is 19.9. The summed E-state index contributed by atoms with van der Waals surface area (Å²) in [5, 5.41) is 0.766. The van der Waals surface area contributed by atoms with E-state index in [0.717, 1.165) is 22.0 Å². The molecule has 0 spiro atoms. The van der Waals surface area contributed by atoms with Crippen molar-refractivity contribution in [2.45, 2.75) is 13.8 Å². The van der Waals surface area contributed by atoms with Gasteiger partial charge in [-0.05, 0) is 25.0 Å². The van der Waals surface area contributed by atoms with Gasteiger partial charge in [0.15, 0.2) is 5.17 Å². The van der Waals surface area contributed by atoms with E-state index in [1.165, 1.54) is 0 Å². The number of thioether (sulfide) groups is 1. The van der Waals surface area contributed by atoms with Crippen molar-refractivity contribution in [3.8, 4) is 0 Å². The summed E-state index contributed by atoms with van der Waals surface area (Å²) in [6, 6.07) is 6.05. The lowest BCUT2D eigenvalue weighted by Gasteiger charge is -2.34. The van der Waals surface area contributed by atoms with Crippen molar-refractivity contribution >= 4 is 28.6 Å². The van der Waals surface area contributed by atoms with Gasteiger partial charge in [0.05, 0.1) is 11.6 Å². The zero-order valence-electron chi connectivity index (χ0n) is 11.1. The van der Waals surface area contributed by atoms with Crippen LogP contribution in [0, 0.1) is 13.8 Å². The zero-order valence-corrected chi connectivity index (χ0v) is 11.9. The molecular weight excluding hydrogens is 246 g/mol. The lowest BCUT2D eigenvalue weighted by Crippen LogP contribution is -2.48. The molecule has 4 nitrogen and oxygen atoms in total. The van der Waals surface area contributed by atoms with Crippen LogP contribution in [0.2, 0.25) is 0 Å². The van der Waals surface area contributed by atoms with Gasteiger partial charge in [-0.2, -0.15) is 0 Å². The van der Waals surface area contributed by atoms with Gasteiger partial charge in [-0.15, -0.1) is 0 Å². The second-order valence-electron chi connectivity index (χ2n) is 4.29. The molecule has 0 atom stereocenters. The number of hydrogen-bond donors (Lipinski definition) is 0. The average Bonchev–Trinajstić information content (AvgIpc) is 2.34. The van der Waals surface area contributed by atoms with Gasteiger partial charge in [0.25, 0.3) is 0 Å². The minimum atomic E-state index is -0.0215. The molecule has 1 aromatic rings. The third-order valence-corrected chi connectivity index (χ3v) is 4.13. The maximum Gasteiger partial charge on any atom is 0.331 e. The van der Waals surface area contributed by atoms with E-state index < -0.39 is 0 Å². The fourth-order valence-corrected chi connectivity index (χ4v) is 3.03. The van der Waals surface area contributed by atoms with Crippen molar-refractivity contribution in [1.29, 1.82) is 0 Å². The first kappa shape index (κ1) is 13.0. The predicted molar refractivity (Wildman–Crippen MR) is 77.4 cm³/mol. The molecule has 1 heterocycles. The maximum atomic E-state index is 12.4. The van der Waals surface area contributed by atoms with E-state index in [1.54, 1.807) is 30.8 Å². The number of aliphatic imine (C=N–C) groups is 1. The third-order valence-electron chi connectivity index (χ3n) is 3.03. The van der Waals surface area contributed by atoms with Crippen LogP contribution in [0.15, 0.2) is 23.2 Å². The molecule has 1 aliphatic rings. The first-order chi connectivity index (χ1) is 8.56. The second-order valence-corrected chi connectivity index (χ2v) is 5.20. The largest absolute Gasteiger partial charge is 0.331 e. The fraction of sp³-hybridized carbons (Fsp3) is 0.385. The highest BCUT2D eigenvalue weighted by atomic mass is 32.2. The minimum absolute atomic E-state index is 0.0215. The minimum Gasteiger partial charge on any atom is -0.283 e. The molecule has 2 rings (SSSR count). The summed E-state index contributed by atoms with van der Waals surface area (Å²) in [7, 11) is 3.47. The van der Waals surface area contributed by atoms with Crippen LogP contribution in [0.1, 0.15) is 11.1 Å². The van der Waals surface area contributed by atoms with Crippen molar-refractivity contribution in [2.75, 3.05) is 24.9 Å². The van der Waals surface area contributed by atoms with Crippen LogP contribution in [0.3, 0.4) is 0 Å². The van der Waals surface area contributed by atoms with Crippen molar-refractivity contribution in [3.63, 3.8) is 0 Å². The Labute approximate surface area is 112 Å². The molecule has 2 amide bonds. The molecule has 0 bridgehead atoms. The van der Waals surface area contributed by atoms with Crippen LogP contribution in [0.4, 0.5) is 10.5 Å². The van der Waals surface area contributed by atoms with Gasteiger partial charge in [0.1, 0.15) is 0 Å². The topological polar surface area (TPSA) is 35.9 Å². The molecule has 0 saturated carbocycles. The van der Waals surface area contributed by atoms with Gasteiger partial charge in [0.2, 0.25) is 0 Å². The van der Waals surface area contributed by atoms with Crippen molar-refractivity contribution < 1.29 is 4.79 Å². The number of para-hydroxylation sites is 1. The molecule has 18 heavy (non-hydrogen) atoms. The molecule has 1 aliphatic heterocycles. The number of carbonyl (C=O) groups is 1. The predicted octanol–water partition coefficient (Wildman–Crippen LogP) is 2.85. The summed E-state index contributed by atoms with van der Waals surface area (Å²) < 4.78 is 0. The number of anilines is 1. The number of benzene rings is 1.